The van der Waals surface area contributed by atoms with E-state index in [0.29, 0.717) is 36.6 Å². The molecule has 2 aliphatic rings. The molecule has 2 fully saturated rings. The summed E-state index contributed by atoms with van der Waals surface area (Å²) in [7, 11) is 0. The lowest BCUT2D eigenvalue weighted by Crippen LogP contribution is -2.53. The fraction of sp³-hybridized carbons (Fsp3) is 0.455. The summed E-state index contributed by atoms with van der Waals surface area (Å²) in [5.41, 5.74) is 0. The van der Waals surface area contributed by atoms with E-state index in [4.69, 9.17) is 4.42 Å². The molecule has 7 heteroatoms. The third-order valence-corrected chi connectivity index (χ3v) is 3.73. The van der Waals surface area contributed by atoms with Gasteiger partial charge < -0.3 is 19.5 Å². The Kier molecular flexibility index (Phi) is 2.77. The van der Waals surface area contributed by atoms with Crippen molar-refractivity contribution < 1.29 is 14.0 Å². The molecule has 1 aromatic heterocycles. The Hall–Kier alpha value is -1.50. The van der Waals surface area contributed by atoms with E-state index in [9.17, 15) is 9.59 Å². The number of piperazine rings is 1. The number of rotatable bonds is 1. The van der Waals surface area contributed by atoms with Crippen LogP contribution in [-0.2, 0) is 0 Å². The fourth-order valence-electron chi connectivity index (χ4n) is 2.37. The van der Waals surface area contributed by atoms with Crippen molar-refractivity contribution in [1.29, 1.82) is 0 Å². The Morgan fingerprint density at radius 1 is 1.44 bits per heavy atom. The topological polar surface area (TPSA) is 65.8 Å². The molecule has 1 aromatic rings. The van der Waals surface area contributed by atoms with Crippen LogP contribution in [0.25, 0.3) is 0 Å². The number of furan rings is 1. The molecule has 18 heavy (non-hydrogen) atoms. The predicted octanol–water partition coefficient (Wildman–Crippen LogP) is 0.892. The SMILES string of the molecule is O=C(c1ccc(Br)o1)N1CCN2C(=O)NCC2C1. The van der Waals surface area contributed by atoms with Crippen LogP contribution in [0, 0.1) is 0 Å². The molecule has 2 saturated heterocycles. The average Bonchev–Trinajstić information content (AvgIpc) is 2.95. The first-order chi connectivity index (χ1) is 8.65. The largest absolute Gasteiger partial charge is 0.444 e. The number of nitrogens with zero attached hydrogens (tertiary/aromatic N) is 2. The van der Waals surface area contributed by atoms with Crippen molar-refractivity contribution in [2.45, 2.75) is 6.04 Å². The smallest absolute Gasteiger partial charge is 0.317 e. The van der Waals surface area contributed by atoms with Gasteiger partial charge in [0.1, 0.15) is 0 Å². The molecule has 3 rings (SSSR count). The standard InChI is InChI=1S/C11H12BrN3O3/c12-9-2-1-8(18-9)10(16)14-3-4-15-7(6-14)5-13-11(15)17/h1-2,7H,3-6H2,(H,13,17). The highest BCUT2D eigenvalue weighted by Gasteiger charge is 2.37. The minimum absolute atomic E-state index is 0.0344. The number of amides is 3. The molecule has 0 aromatic carbocycles. The van der Waals surface area contributed by atoms with Gasteiger partial charge in [0.25, 0.3) is 5.91 Å². The second kappa shape index (κ2) is 4.31. The van der Waals surface area contributed by atoms with Crippen LogP contribution in [0.15, 0.2) is 21.2 Å². The number of carbonyl (C=O) groups is 2. The molecule has 0 bridgehead atoms. The lowest BCUT2D eigenvalue weighted by molar-refractivity contribution is 0.0585. The number of urea groups is 1. The van der Waals surface area contributed by atoms with Crippen LogP contribution in [0.5, 0.6) is 0 Å². The molecule has 96 valence electrons. The average molecular weight is 314 g/mol. The monoisotopic (exact) mass is 313 g/mol. The van der Waals surface area contributed by atoms with E-state index >= 15 is 0 Å². The van der Waals surface area contributed by atoms with Gasteiger partial charge in [-0.05, 0) is 28.1 Å². The van der Waals surface area contributed by atoms with Gasteiger partial charge in [0.15, 0.2) is 10.4 Å². The summed E-state index contributed by atoms with van der Waals surface area (Å²) >= 11 is 3.18. The normalized spacial score (nSPS) is 22.9. The van der Waals surface area contributed by atoms with E-state index in [1.807, 2.05) is 0 Å². The van der Waals surface area contributed by atoms with Crippen LogP contribution in [0.4, 0.5) is 4.79 Å². The van der Waals surface area contributed by atoms with Gasteiger partial charge in [0.2, 0.25) is 0 Å². The molecule has 0 spiro atoms. The predicted molar refractivity (Wildman–Crippen MR) is 66.2 cm³/mol. The van der Waals surface area contributed by atoms with Crippen LogP contribution >= 0.6 is 15.9 Å². The first-order valence-electron chi connectivity index (χ1n) is 5.74. The molecule has 1 atom stereocenters. The molecule has 0 radical (unpaired) electrons. The maximum absolute atomic E-state index is 12.2. The summed E-state index contributed by atoms with van der Waals surface area (Å²) in [5, 5.41) is 2.78. The van der Waals surface area contributed by atoms with Gasteiger partial charge >= 0.3 is 6.03 Å². The van der Waals surface area contributed by atoms with Gasteiger partial charge in [-0.25, -0.2) is 4.79 Å². The van der Waals surface area contributed by atoms with Crippen molar-refractivity contribution >= 4 is 27.9 Å². The van der Waals surface area contributed by atoms with Crippen molar-refractivity contribution in [1.82, 2.24) is 15.1 Å². The molecule has 2 aliphatic heterocycles. The molecule has 6 nitrogen and oxygen atoms in total. The fourth-order valence-corrected chi connectivity index (χ4v) is 2.68. The third kappa shape index (κ3) is 1.88. The van der Waals surface area contributed by atoms with Crippen LogP contribution < -0.4 is 5.32 Å². The van der Waals surface area contributed by atoms with Gasteiger partial charge in [0.05, 0.1) is 6.04 Å². The Morgan fingerprint density at radius 3 is 3.00 bits per heavy atom. The lowest BCUT2D eigenvalue weighted by atomic mass is 10.2. The maximum Gasteiger partial charge on any atom is 0.317 e. The van der Waals surface area contributed by atoms with E-state index < -0.39 is 0 Å². The van der Waals surface area contributed by atoms with E-state index in [1.54, 1.807) is 21.9 Å². The Bertz CT molecular complexity index is 501. The number of halogens is 1. The Labute approximate surface area is 112 Å². The van der Waals surface area contributed by atoms with Gasteiger partial charge in [-0.1, -0.05) is 0 Å². The highest BCUT2D eigenvalue weighted by atomic mass is 79.9. The highest BCUT2D eigenvalue weighted by Crippen LogP contribution is 2.19. The van der Waals surface area contributed by atoms with Gasteiger partial charge in [-0.15, -0.1) is 0 Å². The first kappa shape index (κ1) is 11.6. The van der Waals surface area contributed by atoms with Crippen LogP contribution in [-0.4, -0.2) is 54.0 Å². The molecule has 0 aliphatic carbocycles. The first-order valence-corrected chi connectivity index (χ1v) is 6.53. The van der Waals surface area contributed by atoms with Gasteiger partial charge in [-0.2, -0.15) is 0 Å². The summed E-state index contributed by atoms with van der Waals surface area (Å²) in [6.07, 6.45) is 0. The van der Waals surface area contributed by atoms with E-state index in [1.165, 1.54) is 0 Å². The molecule has 0 saturated carbocycles. The highest BCUT2D eigenvalue weighted by molar-refractivity contribution is 9.10. The van der Waals surface area contributed by atoms with Crippen LogP contribution in [0.2, 0.25) is 0 Å². The van der Waals surface area contributed by atoms with Crippen LogP contribution in [0.1, 0.15) is 10.6 Å². The molecule has 1 unspecified atom stereocenters. The minimum Gasteiger partial charge on any atom is -0.444 e. The molecular weight excluding hydrogens is 302 g/mol. The van der Waals surface area contributed by atoms with Crippen LogP contribution in [0.3, 0.4) is 0 Å². The lowest BCUT2D eigenvalue weighted by Gasteiger charge is -2.35. The van der Waals surface area contributed by atoms with Crippen molar-refractivity contribution in [3.63, 3.8) is 0 Å². The maximum atomic E-state index is 12.2. The van der Waals surface area contributed by atoms with Crippen molar-refractivity contribution in [3.8, 4) is 0 Å². The minimum atomic E-state index is -0.125. The number of nitrogens with one attached hydrogen (secondary N) is 1. The summed E-state index contributed by atoms with van der Waals surface area (Å²) in [5.74, 6) is 0.201. The van der Waals surface area contributed by atoms with Crippen molar-refractivity contribution in [2.24, 2.45) is 0 Å². The third-order valence-electron chi connectivity index (χ3n) is 3.30. The number of hydrogen-bond acceptors (Lipinski definition) is 3. The van der Waals surface area contributed by atoms with Crippen molar-refractivity contribution in [3.05, 3.63) is 22.6 Å². The second-order valence-electron chi connectivity index (χ2n) is 4.39. The summed E-state index contributed by atoms with van der Waals surface area (Å²) in [6.45, 7) is 2.27. The van der Waals surface area contributed by atoms with E-state index in [-0.39, 0.29) is 18.0 Å². The van der Waals surface area contributed by atoms with Gasteiger partial charge in [0, 0.05) is 26.2 Å². The molecular formula is C11H12BrN3O3. The quantitative estimate of drug-likeness (QED) is 0.837. The zero-order valence-corrected chi connectivity index (χ0v) is 11.1. The van der Waals surface area contributed by atoms with E-state index in [2.05, 4.69) is 21.2 Å². The summed E-state index contributed by atoms with van der Waals surface area (Å²) in [6, 6.07) is 3.39. The second-order valence-corrected chi connectivity index (χ2v) is 5.17. The Balaban J connectivity index is 1.71. The van der Waals surface area contributed by atoms with Gasteiger partial charge in [-0.3, -0.25) is 4.79 Å². The molecule has 3 amide bonds. The summed E-state index contributed by atoms with van der Waals surface area (Å²) < 4.78 is 5.80. The number of fused-ring (bicyclic) bond motifs is 1. The zero-order valence-electron chi connectivity index (χ0n) is 9.56. The van der Waals surface area contributed by atoms with E-state index in [0.717, 1.165) is 0 Å². The number of hydrogen-bond donors (Lipinski definition) is 1. The molecule has 3 heterocycles. The van der Waals surface area contributed by atoms with Crippen molar-refractivity contribution in [2.75, 3.05) is 26.2 Å². The summed E-state index contributed by atoms with van der Waals surface area (Å²) in [4.78, 5) is 27.1. The Morgan fingerprint density at radius 2 is 2.28 bits per heavy atom. The number of carbonyl (C=O) groups excluding carboxylic acids is 2. The molecule has 1 N–H and O–H groups in total. The zero-order chi connectivity index (χ0) is 12.7.